The molecule has 1 aliphatic rings. The Bertz CT molecular complexity index is 1240. The van der Waals surface area contributed by atoms with Crippen LogP contribution in [0.5, 0.6) is 0 Å². The van der Waals surface area contributed by atoms with E-state index in [9.17, 15) is 18.8 Å². The summed E-state index contributed by atoms with van der Waals surface area (Å²) >= 11 is 0. The van der Waals surface area contributed by atoms with Crippen LogP contribution in [0.4, 0.5) is 31.9 Å². The van der Waals surface area contributed by atoms with Crippen LogP contribution >= 0.6 is 0 Å². The van der Waals surface area contributed by atoms with E-state index in [4.69, 9.17) is 4.74 Å². The normalized spacial score (nSPS) is 12.7. The first-order chi connectivity index (χ1) is 16.9. The molecule has 0 saturated carbocycles. The second kappa shape index (κ2) is 10.7. The number of rotatable bonds is 6. The first-order valence-corrected chi connectivity index (χ1v) is 11.2. The summed E-state index contributed by atoms with van der Waals surface area (Å²) in [6.45, 7) is 1.70. The minimum Gasteiger partial charge on any atom is -0.465 e. The second-order valence-corrected chi connectivity index (χ2v) is 8.00. The summed E-state index contributed by atoms with van der Waals surface area (Å²) in [5, 5.41) is 8.31. The maximum Gasteiger partial charge on any atom is 0.339 e. The van der Waals surface area contributed by atoms with Crippen molar-refractivity contribution >= 4 is 40.7 Å². The summed E-state index contributed by atoms with van der Waals surface area (Å²) in [5.41, 5.74) is 2.62. The van der Waals surface area contributed by atoms with Crippen LogP contribution in [0.1, 0.15) is 33.6 Å². The number of nitrogens with zero attached hydrogens (tertiary/aromatic N) is 1. The van der Waals surface area contributed by atoms with Crippen molar-refractivity contribution in [1.29, 1.82) is 0 Å². The summed E-state index contributed by atoms with van der Waals surface area (Å²) in [4.78, 5) is 39.6. The van der Waals surface area contributed by atoms with Gasteiger partial charge < -0.3 is 25.6 Å². The van der Waals surface area contributed by atoms with Crippen LogP contribution in [-0.4, -0.2) is 38.1 Å². The van der Waals surface area contributed by atoms with Crippen LogP contribution in [0.2, 0.25) is 0 Å². The van der Waals surface area contributed by atoms with Crippen molar-refractivity contribution < 1.29 is 23.5 Å². The molecule has 1 aliphatic heterocycles. The molecule has 0 spiro atoms. The van der Waals surface area contributed by atoms with E-state index in [1.807, 2.05) is 6.07 Å². The SMILES string of the molecule is COC(=O)c1ccccc1NC(=O)Nc1cc(NC(=O)c2ccc(F)cc2)ccc1N1CCCC1. The molecule has 3 aromatic rings. The van der Waals surface area contributed by atoms with Gasteiger partial charge in [0.05, 0.1) is 29.7 Å². The molecule has 0 atom stereocenters. The molecule has 3 aromatic carbocycles. The molecule has 180 valence electrons. The first kappa shape index (κ1) is 23.7. The van der Waals surface area contributed by atoms with Crippen molar-refractivity contribution in [2.45, 2.75) is 12.8 Å². The minimum atomic E-state index is -0.566. The van der Waals surface area contributed by atoms with Gasteiger partial charge in [-0.15, -0.1) is 0 Å². The van der Waals surface area contributed by atoms with Gasteiger partial charge in [-0.25, -0.2) is 14.0 Å². The van der Waals surface area contributed by atoms with Crippen LogP contribution in [0.3, 0.4) is 0 Å². The number of methoxy groups -OCH3 is 1. The fourth-order valence-electron chi connectivity index (χ4n) is 3.91. The number of anilines is 4. The van der Waals surface area contributed by atoms with E-state index in [1.165, 1.54) is 31.4 Å². The van der Waals surface area contributed by atoms with Crippen LogP contribution in [0, 0.1) is 5.82 Å². The molecule has 1 fully saturated rings. The number of para-hydroxylation sites is 1. The monoisotopic (exact) mass is 476 g/mol. The van der Waals surface area contributed by atoms with Crippen molar-refractivity contribution in [1.82, 2.24) is 0 Å². The molecule has 0 aromatic heterocycles. The van der Waals surface area contributed by atoms with Gasteiger partial charge in [-0.05, 0) is 67.4 Å². The van der Waals surface area contributed by atoms with E-state index in [2.05, 4.69) is 20.9 Å². The van der Waals surface area contributed by atoms with Crippen molar-refractivity contribution in [3.05, 3.63) is 83.7 Å². The van der Waals surface area contributed by atoms with Crippen LogP contribution < -0.4 is 20.9 Å². The molecule has 0 aliphatic carbocycles. The fraction of sp³-hybridized carbons (Fsp3) is 0.192. The minimum absolute atomic E-state index is 0.227. The van der Waals surface area contributed by atoms with E-state index >= 15 is 0 Å². The van der Waals surface area contributed by atoms with Gasteiger partial charge in [0, 0.05) is 24.3 Å². The highest BCUT2D eigenvalue weighted by molar-refractivity contribution is 6.08. The zero-order valence-corrected chi connectivity index (χ0v) is 19.1. The summed E-state index contributed by atoms with van der Waals surface area (Å²) in [6, 6.07) is 16.5. The van der Waals surface area contributed by atoms with Gasteiger partial charge in [0.15, 0.2) is 0 Å². The number of amides is 3. The lowest BCUT2D eigenvalue weighted by atomic mass is 10.1. The average molecular weight is 477 g/mol. The Balaban J connectivity index is 1.56. The number of benzene rings is 3. The number of esters is 1. The molecule has 4 rings (SSSR count). The predicted molar refractivity (Wildman–Crippen MR) is 133 cm³/mol. The second-order valence-electron chi connectivity index (χ2n) is 8.00. The number of carbonyl (C=O) groups excluding carboxylic acids is 3. The van der Waals surface area contributed by atoms with Crippen molar-refractivity contribution in [3.63, 3.8) is 0 Å². The van der Waals surface area contributed by atoms with Crippen LogP contribution in [0.15, 0.2) is 66.7 Å². The fourth-order valence-corrected chi connectivity index (χ4v) is 3.91. The third-order valence-corrected chi connectivity index (χ3v) is 5.64. The Hall–Kier alpha value is -4.40. The average Bonchev–Trinajstić information content (AvgIpc) is 3.39. The zero-order chi connectivity index (χ0) is 24.8. The Morgan fingerprint density at radius 1 is 0.857 bits per heavy atom. The highest BCUT2D eigenvalue weighted by atomic mass is 19.1. The lowest BCUT2D eigenvalue weighted by Crippen LogP contribution is -2.25. The largest absolute Gasteiger partial charge is 0.465 e. The quantitative estimate of drug-likeness (QED) is 0.430. The lowest BCUT2D eigenvalue weighted by Gasteiger charge is -2.23. The van der Waals surface area contributed by atoms with Gasteiger partial charge in [0.1, 0.15) is 5.82 Å². The molecule has 9 heteroatoms. The highest BCUT2D eigenvalue weighted by Crippen LogP contribution is 2.32. The summed E-state index contributed by atoms with van der Waals surface area (Å²) in [6.07, 6.45) is 2.09. The Morgan fingerprint density at radius 3 is 2.26 bits per heavy atom. The molecule has 0 unspecified atom stereocenters. The Labute approximate surface area is 202 Å². The van der Waals surface area contributed by atoms with Gasteiger partial charge >= 0.3 is 12.0 Å². The van der Waals surface area contributed by atoms with E-state index in [-0.39, 0.29) is 5.56 Å². The summed E-state index contributed by atoms with van der Waals surface area (Å²) < 4.78 is 18.0. The highest BCUT2D eigenvalue weighted by Gasteiger charge is 2.19. The van der Waals surface area contributed by atoms with Crippen LogP contribution in [-0.2, 0) is 4.74 Å². The molecule has 1 saturated heterocycles. The van der Waals surface area contributed by atoms with Gasteiger partial charge in [0.2, 0.25) is 0 Å². The number of hydrogen-bond acceptors (Lipinski definition) is 5. The van der Waals surface area contributed by atoms with E-state index in [0.717, 1.165) is 31.6 Å². The summed E-state index contributed by atoms with van der Waals surface area (Å²) in [7, 11) is 1.27. The number of hydrogen-bond donors (Lipinski definition) is 3. The Kier molecular flexibility index (Phi) is 7.25. The smallest absolute Gasteiger partial charge is 0.339 e. The lowest BCUT2D eigenvalue weighted by molar-refractivity contribution is 0.0601. The standard InChI is InChI=1S/C26H25FN4O4/c1-35-25(33)20-6-2-3-7-21(20)29-26(34)30-22-16-19(12-13-23(22)31-14-4-5-15-31)28-24(32)17-8-10-18(27)11-9-17/h2-3,6-13,16H,4-5,14-15H2,1H3,(H,28,32)(H2,29,30,34). The molecule has 35 heavy (non-hydrogen) atoms. The summed E-state index contributed by atoms with van der Waals surface area (Å²) in [5.74, 6) is -1.40. The Morgan fingerprint density at radius 2 is 1.54 bits per heavy atom. The predicted octanol–water partition coefficient (Wildman–Crippen LogP) is 5.11. The van der Waals surface area contributed by atoms with Crippen LogP contribution in [0.25, 0.3) is 0 Å². The van der Waals surface area contributed by atoms with E-state index in [0.29, 0.717) is 22.6 Å². The molecule has 3 amide bonds. The number of halogens is 1. The molecule has 3 N–H and O–H groups in total. The molecule has 0 bridgehead atoms. The first-order valence-electron chi connectivity index (χ1n) is 11.2. The third kappa shape index (κ3) is 5.75. The number of carbonyl (C=O) groups is 3. The molecular formula is C26H25FN4O4. The van der Waals surface area contributed by atoms with Crippen molar-refractivity contribution in [2.24, 2.45) is 0 Å². The third-order valence-electron chi connectivity index (χ3n) is 5.64. The molecule has 1 heterocycles. The van der Waals surface area contributed by atoms with Crippen molar-refractivity contribution in [3.8, 4) is 0 Å². The molecular weight excluding hydrogens is 451 g/mol. The van der Waals surface area contributed by atoms with Gasteiger partial charge in [0.25, 0.3) is 5.91 Å². The van der Waals surface area contributed by atoms with Gasteiger partial charge in [-0.1, -0.05) is 12.1 Å². The van der Waals surface area contributed by atoms with E-state index in [1.54, 1.807) is 36.4 Å². The maximum absolute atomic E-state index is 13.2. The number of urea groups is 1. The zero-order valence-electron chi connectivity index (χ0n) is 19.1. The number of ether oxygens (including phenoxy) is 1. The van der Waals surface area contributed by atoms with E-state index < -0.39 is 23.7 Å². The maximum atomic E-state index is 13.2. The topological polar surface area (TPSA) is 99.8 Å². The molecule has 8 nitrogen and oxygen atoms in total. The van der Waals surface area contributed by atoms with Gasteiger partial charge in [-0.3, -0.25) is 4.79 Å². The van der Waals surface area contributed by atoms with Gasteiger partial charge in [-0.2, -0.15) is 0 Å². The molecule has 0 radical (unpaired) electrons. The number of nitrogens with one attached hydrogen (secondary N) is 3. The van der Waals surface area contributed by atoms with Crippen molar-refractivity contribution in [2.75, 3.05) is 41.0 Å².